The number of hydrogen-bond acceptors (Lipinski definition) is 3. The Morgan fingerprint density at radius 3 is 2.00 bits per heavy atom. The van der Waals surface area contributed by atoms with Crippen LogP contribution in [0.4, 0.5) is 17.3 Å². The molecular weight excluding hydrogens is 291 g/mol. The Kier molecular flexibility index (Phi) is 7.73. The molecule has 0 aliphatic carbocycles. The van der Waals surface area contributed by atoms with Crippen molar-refractivity contribution in [3.63, 3.8) is 0 Å². The van der Waals surface area contributed by atoms with Crippen molar-refractivity contribution in [1.82, 2.24) is 4.90 Å². The molecule has 2 heterocycles. The predicted molar refractivity (Wildman–Crippen MR) is 73.2 cm³/mol. The summed E-state index contributed by atoms with van der Waals surface area (Å²) in [6, 6.07) is 0. The fourth-order valence-electron chi connectivity index (χ4n) is 1.96. The minimum absolute atomic E-state index is 0.848. The van der Waals surface area contributed by atoms with Gasteiger partial charge in [-0.1, -0.05) is 0 Å². The van der Waals surface area contributed by atoms with Crippen molar-refractivity contribution in [2.75, 3.05) is 52.6 Å². The zero-order valence-electron chi connectivity index (χ0n) is 12.1. The van der Waals surface area contributed by atoms with Gasteiger partial charge in [0.15, 0.2) is 19.3 Å². The van der Waals surface area contributed by atoms with Crippen LogP contribution in [0.1, 0.15) is 6.92 Å². The first kappa shape index (κ1) is 18.0. The molecule has 0 bridgehead atoms. The zero-order chi connectivity index (χ0) is 15.7. The van der Waals surface area contributed by atoms with Gasteiger partial charge in [-0.05, 0) is 6.92 Å². The molecule has 0 unspecified atom stereocenters. The van der Waals surface area contributed by atoms with E-state index in [9.17, 15) is 17.3 Å². The van der Waals surface area contributed by atoms with Gasteiger partial charge in [0.25, 0.3) is 0 Å². The third-order valence-corrected chi connectivity index (χ3v) is 3.08. The van der Waals surface area contributed by atoms with Crippen LogP contribution >= 0.6 is 0 Å². The van der Waals surface area contributed by atoms with Crippen molar-refractivity contribution in [1.29, 1.82) is 0 Å². The quantitative estimate of drug-likeness (QED) is 0.440. The molecule has 2 aliphatic heterocycles. The molecule has 0 N–H and O–H groups in total. The van der Waals surface area contributed by atoms with Gasteiger partial charge in [-0.25, -0.2) is 4.58 Å². The first-order valence-electron chi connectivity index (χ1n) is 6.90. The van der Waals surface area contributed by atoms with Gasteiger partial charge in [-0.3, -0.25) is 0 Å². The molecule has 0 atom stereocenters. The molecule has 9 heteroatoms. The van der Waals surface area contributed by atoms with Crippen molar-refractivity contribution in [3.8, 4) is 0 Å². The van der Waals surface area contributed by atoms with Gasteiger partial charge < -0.3 is 31.6 Å². The fraction of sp³-hybridized carbons (Fsp3) is 0.750. The summed E-state index contributed by atoms with van der Waals surface area (Å²) in [7, 11) is -6.00. The van der Waals surface area contributed by atoms with Gasteiger partial charge in [-0.15, -0.1) is 0 Å². The summed E-state index contributed by atoms with van der Waals surface area (Å²) >= 11 is 0. The van der Waals surface area contributed by atoms with Crippen LogP contribution in [0, 0.1) is 0 Å². The summed E-state index contributed by atoms with van der Waals surface area (Å²) in [6.07, 6.45) is 4.39. The van der Waals surface area contributed by atoms with E-state index in [4.69, 9.17) is 9.47 Å². The first-order chi connectivity index (χ1) is 9.86. The van der Waals surface area contributed by atoms with Crippen molar-refractivity contribution < 1.29 is 31.3 Å². The molecule has 4 nitrogen and oxygen atoms in total. The van der Waals surface area contributed by atoms with E-state index in [0.29, 0.717) is 0 Å². The summed E-state index contributed by atoms with van der Waals surface area (Å²) in [6.45, 7) is 9.61. The molecule has 0 amide bonds. The van der Waals surface area contributed by atoms with Gasteiger partial charge in [0, 0.05) is 24.9 Å². The molecule has 0 spiro atoms. The molecule has 2 rings (SSSR count). The molecule has 0 saturated carbocycles. The topological polar surface area (TPSA) is 24.7 Å². The van der Waals surface area contributed by atoms with Crippen LogP contribution in [-0.2, 0) is 9.47 Å². The second-order valence-corrected chi connectivity index (χ2v) is 4.70. The number of ether oxygens (including phenoxy) is 2. The molecule has 0 aromatic heterocycles. The van der Waals surface area contributed by atoms with Gasteiger partial charge in [0.2, 0.25) is 0 Å². The summed E-state index contributed by atoms with van der Waals surface area (Å²) in [4.78, 5) is 2.38. The Morgan fingerprint density at radius 2 is 1.48 bits per heavy atom. The number of allylic oxidation sites excluding steroid dienone is 2. The lowest BCUT2D eigenvalue weighted by Gasteiger charge is -2.28. The lowest BCUT2D eigenvalue weighted by Crippen LogP contribution is -2.35. The van der Waals surface area contributed by atoms with Crippen LogP contribution in [0.15, 0.2) is 11.8 Å². The number of nitrogens with zero attached hydrogens (tertiary/aromatic N) is 2. The predicted octanol–water partition coefficient (Wildman–Crippen LogP) is 1.64. The Hall–Kier alpha value is -1.09. The van der Waals surface area contributed by atoms with Crippen molar-refractivity contribution in [3.05, 3.63) is 11.8 Å². The smallest absolute Gasteiger partial charge is 0.418 e. The van der Waals surface area contributed by atoms with E-state index in [1.54, 1.807) is 0 Å². The SMILES string of the molecule is C/C(=C\C=[N+]1CCOCC1)N1CCOCC1.F[B-](F)(F)F. The third kappa shape index (κ3) is 9.46. The third-order valence-electron chi connectivity index (χ3n) is 3.08. The van der Waals surface area contributed by atoms with Crippen molar-refractivity contribution >= 4 is 13.5 Å². The standard InChI is InChI=1S/C12H21N2O2.BF4/c1-12(14-6-10-16-11-7-14)2-3-13-4-8-15-9-5-13;2-1(3,4)5/h2-3H,4-11H2,1H3;/q+1;-1. The highest BCUT2D eigenvalue weighted by molar-refractivity contribution is 6.50. The second-order valence-electron chi connectivity index (χ2n) is 4.70. The Bertz CT molecular complexity index is 355. The van der Waals surface area contributed by atoms with Gasteiger partial charge in [0.1, 0.15) is 13.2 Å². The van der Waals surface area contributed by atoms with Crippen LogP contribution in [0.3, 0.4) is 0 Å². The van der Waals surface area contributed by atoms with E-state index in [0.717, 1.165) is 52.6 Å². The molecule has 2 saturated heterocycles. The largest absolute Gasteiger partial charge is 0.673 e. The molecule has 2 aliphatic rings. The molecule has 0 aromatic rings. The van der Waals surface area contributed by atoms with Gasteiger partial charge in [0.05, 0.1) is 13.2 Å². The monoisotopic (exact) mass is 312 g/mol. The summed E-state index contributed by atoms with van der Waals surface area (Å²) in [5.41, 5.74) is 1.33. The van der Waals surface area contributed by atoms with E-state index in [-0.39, 0.29) is 0 Å². The van der Waals surface area contributed by atoms with E-state index < -0.39 is 7.25 Å². The van der Waals surface area contributed by atoms with E-state index in [2.05, 4.69) is 28.7 Å². The minimum Gasteiger partial charge on any atom is -0.418 e. The number of morpholine rings is 2. The summed E-state index contributed by atoms with van der Waals surface area (Å²) in [5, 5.41) is 0. The number of rotatable bonds is 2. The maximum Gasteiger partial charge on any atom is 0.673 e. The fourth-order valence-corrected chi connectivity index (χ4v) is 1.96. The second kappa shape index (κ2) is 9.04. The van der Waals surface area contributed by atoms with Gasteiger partial charge in [-0.2, -0.15) is 0 Å². The highest BCUT2D eigenvalue weighted by Gasteiger charge is 2.20. The average Bonchev–Trinajstić information content (AvgIpc) is 2.45. The molecule has 21 heavy (non-hydrogen) atoms. The lowest BCUT2D eigenvalue weighted by atomic mass is 10.3. The molecule has 0 radical (unpaired) electrons. The van der Waals surface area contributed by atoms with Crippen LogP contribution in [0.25, 0.3) is 0 Å². The Balaban J connectivity index is 0.000000383. The van der Waals surface area contributed by atoms with Crippen LogP contribution in [0.2, 0.25) is 0 Å². The maximum absolute atomic E-state index is 9.75. The van der Waals surface area contributed by atoms with Crippen LogP contribution < -0.4 is 0 Å². The Labute approximate surface area is 122 Å². The number of halogens is 4. The Morgan fingerprint density at radius 1 is 1.00 bits per heavy atom. The zero-order valence-corrected chi connectivity index (χ0v) is 12.1. The van der Waals surface area contributed by atoms with E-state index in [1.807, 2.05) is 0 Å². The van der Waals surface area contributed by atoms with E-state index >= 15 is 0 Å². The minimum atomic E-state index is -6.00. The van der Waals surface area contributed by atoms with Crippen molar-refractivity contribution in [2.45, 2.75) is 6.92 Å². The van der Waals surface area contributed by atoms with Gasteiger partial charge >= 0.3 is 7.25 Å². The molecule has 0 aromatic carbocycles. The molecule has 122 valence electrons. The van der Waals surface area contributed by atoms with E-state index in [1.165, 1.54) is 5.70 Å². The highest BCUT2D eigenvalue weighted by Crippen LogP contribution is 2.07. The van der Waals surface area contributed by atoms with Crippen molar-refractivity contribution in [2.24, 2.45) is 0 Å². The lowest BCUT2D eigenvalue weighted by molar-refractivity contribution is -0.544. The van der Waals surface area contributed by atoms with Crippen LogP contribution in [-0.4, -0.2) is 75.6 Å². The molecular formula is C12H21BF4N2O2. The highest BCUT2D eigenvalue weighted by atomic mass is 19.5. The first-order valence-corrected chi connectivity index (χ1v) is 6.90. The molecule has 2 fully saturated rings. The number of hydrogen-bond donors (Lipinski definition) is 0. The maximum atomic E-state index is 9.75. The van der Waals surface area contributed by atoms with Crippen LogP contribution in [0.5, 0.6) is 0 Å². The summed E-state index contributed by atoms with van der Waals surface area (Å²) in [5.74, 6) is 0. The normalized spacial score (nSPS) is 20.7. The average molecular weight is 312 g/mol. The summed E-state index contributed by atoms with van der Waals surface area (Å²) < 4.78 is 52.0.